The third kappa shape index (κ3) is 3.06. The maximum absolute atomic E-state index is 13.5. The molecule has 7 heteroatoms. The van der Waals surface area contributed by atoms with Crippen molar-refractivity contribution in [3.05, 3.63) is 66.0 Å². The van der Waals surface area contributed by atoms with Crippen LogP contribution in [0.3, 0.4) is 0 Å². The molecule has 5 nitrogen and oxygen atoms in total. The van der Waals surface area contributed by atoms with E-state index in [-0.39, 0.29) is 25.9 Å². The molecule has 0 aliphatic carbocycles. The Balaban J connectivity index is 1.45. The molecule has 2 aliphatic heterocycles. The second-order valence-corrected chi connectivity index (χ2v) is 7.15. The average molecular weight is 380 g/mol. The number of halogens is 2. The third-order valence-electron chi connectivity index (χ3n) is 5.34. The monoisotopic (exact) mass is 380 g/mol. The molecule has 1 fully saturated rings. The first-order valence-corrected chi connectivity index (χ1v) is 9.25. The Morgan fingerprint density at radius 1 is 1.00 bits per heavy atom. The molecule has 0 N–H and O–H groups in total. The minimum absolute atomic E-state index is 0.149. The van der Waals surface area contributed by atoms with Crippen molar-refractivity contribution in [2.45, 2.75) is 25.3 Å². The van der Waals surface area contributed by atoms with Crippen molar-refractivity contribution in [3.8, 4) is 11.1 Å². The summed E-state index contributed by atoms with van der Waals surface area (Å²) in [5, 5.41) is 0. The van der Waals surface area contributed by atoms with E-state index in [4.69, 9.17) is 4.42 Å². The van der Waals surface area contributed by atoms with Crippen LogP contribution < -0.4 is 4.90 Å². The molecule has 0 spiro atoms. The fourth-order valence-corrected chi connectivity index (χ4v) is 3.72. The van der Waals surface area contributed by atoms with Gasteiger partial charge in [0.2, 0.25) is 0 Å². The third-order valence-corrected chi connectivity index (χ3v) is 5.34. The van der Waals surface area contributed by atoms with Gasteiger partial charge in [-0.15, -0.1) is 0 Å². The lowest BCUT2D eigenvalue weighted by molar-refractivity contribution is -0.0221. The van der Waals surface area contributed by atoms with E-state index in [2.05, 4.69) is 33.2 Å². The molecule has 142 valence electrons. The summed E-state index contributed by atoms with van der Waals surface area (Å²) in [6, 6.07) is 9.99. The van der Waals surface area contributed by atoms with Crippen molar-refractivity contribution in [2.24, 2.45) is 4.99 Å². The van der Waals surface area contributed by atoms with Crippen LogP contribution in [0, 0.1) is 0 Å². The predicted molar refractivity (Wildman–Crippen MR) is 102 cm³/mol. The molecule has 1 saturated heterocycles. The van der Waals surface area contributed by atoms with Crippen molar-refractivity contribution in [3.63, 3.8) is 0 Å². The van der Waals surface area contributed by atoms with Crippen LogP contribution in [-0.2, 0) is 6.54 Å². The minimum atomic E-state index is -2.58. The SMILES string of the molecule is FC1(F)CCN(c2cc(C3=NCc4ccc(-c5ccoc5)cc43)ncn2)CC1. The topological polar surface area (TPSA) is 54.5 Å². The van der Waals surface area contributed by atoms with E-state index >= 15 is 0 Å². The zero-order valence-electron chi connectivity index (χ0n) is 15.1. The molecule has 5 rings (SSSR count). The summed E-state index contributed by atoms with van der Waals surface area (Å²) < 4.78 is 32.1. The number of anilines is 1. The van der Waals surface area contributed by atoms with Gasteiger partial charge in [-0.3, -0.25) is 4.99 Å². The molecular weight excluding hydrogens is 362 g/mol. The summed E-state index contributed by atoms with van der Waals surface area (Å²) in [7, 11) is 0. The molecule has 0 saturated carbocycles. The van der Waals surface area contributed by atoms with Crippen LogP contribution in [0.25, 0.3) is 11.1 Å². The first-order valence-electron chi connectivity index (χ1n) is 9.25. The maximum Gasteiger partial charge on any atom is 0.251 e. The lowest BCUT2D eigenvalue weighted by Crippen LogP contribution is -2.39. The van der Waals surface area contributed by atoms with Crippen LogP contribution in [0.1, 0.15) is 29.7 Å². The number of fused-ring (bicyclic) bond motifs is 1. The van der Waals surface area contributed by atoms with Crippen LogP contribution in [0.15, 0.2) is 58.6 Å². The molecule has 0 amide bonds. The van der Waals surface area contributed by atoms with Gasteiger partial charge in [0, 0.05) is 43.1 Å². The van der Waals surface area contributed by atoms with Gasteiger partial charge in [0.25, 0.3) is 5.92 Å². The average Bonchev–Trinajstić information content (AvgIpc) is 3.37. The Morgan fingerprint density at radius 3 is 2.64 bits per heavy atom. The Bertz CT molecular complexity index is 1040. The van der Waals surface area contributed by atoms with Crippen molar-refractivity contribution in [1.82, 2.24) is 9.97 Å². The molecule has 0 radical (unpaired) electrons. The summed E-state index contributed by atoms with van der Waals surface area (Å²) in [4.78, 5) is 15.3. The number of benzene rings is 1. The first-order chi connectivity index (χ1) is 13.6. The Labute approximate surface area is 160 Å². The van der Waals surface area contributed by atoms with Gasteiger partial charge in [-0.2, -0.15) is 0 Å². The molecule has 2 aliphatic rings. The summed E-state index contributed by atoms with van der Waals surface area (Å²) in [5.74, 6) is -1.91. The van der Waals surface area contributed by atoms with Crippen LogP contribution in [0.4, 0.5) is 14.6 Å². The number of aliphatic imine (C=N–C) groups is 1. The highest BCUT2D eigenvalue weighted by Crippen LogP contribution is 2.31. The highest BCUT2D eigenvalue weighted by atomic mass is 19.3. The van der Waals surface area contributed by atoms with Crippen LogP contribution in [-0.4, -0.2) is 34.7 Å². The highest BCUT2D eigenvalue weighted by molar-refractivity contribution is 6.14. The molecule has 1 aromatic carbocycles. The van der Waals surface area contributed by atoms with Crippen molar-refractivity contribution in [1.29, 1.82) is 0 Å². The fourth-order valence-electron chi connectivity index (χ4n) is 3.72. The van der Waals surface area contributed by atoms with Crippen LogP contribution >= 0.6 is 0 Å². The fraction of sp³-hybridized carbons (Fsp3) is 0.286. The van der Waals surface area contributed by atoms with E-state index in [1.165, 1.54) is 6.33 Å². The number of aromatic nitrogens is 2. The molecule has 2 aromatic heterocycles. The molecular formula is C21H18F2N4O. The van der Waals surface area contributed by atoms with E-state index in [0.29, 0.717) is 18.1 Å². The van der Waals surface area contributed by atoms with Gasteiger partial charge < -0.3 is 9.32 Å². The number of furan rings is 1. The number of alkyl halides is 2. The molecule has 0 bridgehead atoms. The first kappa shape index (κ1) is 17.0. The molecule has 3 aromatic rings. The Kier molecular flexibility index (Phi) is 3.96. The van der Waals surface area contributed by atoms with E-state index in [1.54, 1.807) is 12.5 Å². The van der Waals surface area contributed by atoms with E-state index in [0.717, 1.165) is 28.0 Å². The quantitative estimate of drug-likeness (QED) is 0.679. The van der Waals surface area contributed by atoms with Gasteiger partial charge in [-0.05, 0) is 23.3 Å². The molecule has 0 atom stereocenters. The summed E-state index contributed by atoms with van der Waals surface area (Å²) in [5.41, 5.74) is 5.76. The number of nitrogens with zero attached hydrogens (tertiary/aromatic N) is 4. The summed E-state index contributed by atoms with van der Waals surface area (Å²) >= 11 is 0. The van der Waals surface area contributed by atoms with Gasteiger partial charge in [0.1, 0.15) is 12.1 Å². The second-order valence-electron chi connectivity index (χ2n) is 7.15. The standard InChI is InChI=1S/C21H18F2N4O/c22-21(23)4-6-27(7-5-21)19-10-18(25-13-26-19)20-17-9-14(16-3-8-28-12-16)1-2-15(17)11-24-20/h1-3,8-10,12-13H,4-7,11H2. The van der Waals surface area contributed by atoms with E-state index in [9.17, 15) is 8.78 Å². The highest BCUT2D eigenvalue weighted by Gasteiger charge is 2.34. The molecule has 28 heavy (non-hydrogen) atoms. The minimum Gasteiger partial charge on any atom is -0.472 e. The van der Waals surface area contributed by atoms with Crippen molar-refractivity contribution < 1.29 is 13.2 Å². The predicted octanol–water partition coefficient (Wildman–Crippen LogP) is 4.32. The smallest absolute Gasteiger partial charge is 0.251 e. The lowest BCUT2D eigenvalue weighted by Gasteiger charge is -2.32. The number of hydrogen-bond acceptors (Lipinski definition) is 5. The van der Waals surface area contributed by atoms with Gasteiger partial charge in [-0.25, -0.2) is 18.7 Å². The van der Waals surface area contributed by atoms with Gasteiger partial charge >= 0.3 is 0 Å². The Morgan fingerprint density at radius 2 is 1.86 bits per heavy atom. The maximum atomic E-state index is 13.5. The molecule has 4 heterocycles. The van der Waals surface area contributed by atoms with Gasteiger partial charge in [0.05, 0.1) is 30.5 Å². The summed E-state index contributed by atoms with van der Waals surface area (Å²) in [6.07, 6.45) is 4.55. The normalized spacial score (nSPS) is 18.1. The largest absolute Gasteiger partial charge is 0.472 e. The van der Waals surface area contributed by atoms with Gasteiger partial charge in [-0.1, -0.05) is 12.1 Å². The second kappa shape index (κ2) is 6.51. The number of piperidine rings is 1. The van der Waals surface area contributed by atoms with Crippen molar-refractivity contribution >= 4 is 11.5 Å². The summed E-state index contributed by atoms with van der Waals surface area (Å²) in [6.45, 7) is 1.18. The molecule has 0 unspecified atom stereocenters. The van der Waals surface area contributed by atoms with E-state index in [1.807, 2.05) is 17.0 Å². The Hall–Kier alpha value is -3.09. The van der Waals surface area contributed by atoms with Crippen molar-refractivity contribution in [2.75, 3.05) is 18.0 Å². The number of hydrogen-bond donors (Lipinski definition) is 0. The van der Waals surface area contributed by atoms with E-state index < -0.39 is 5.92 Å². The van der Waals surface area contributed by atoms with Gasteiger partial charge in [0.15, 0.2) is 0 Å². The van der Waals surface area contributed by atoms with Crippen LogP contribution in [0.5, 0.6) is 0 Å². The lowest BCUT2D eigenvalue weighted by atomic mass is 9.98. The van der Waals surface area contributed by atoms with Crippen LogP contribution in [0.2, 0.25) is 0 Å². The zero-order chi connectivity index (χ0) is 19.1. The number of rotatable bonds is 3. The zero-order valence-corrected chi connectivity index (χ0v) is 15.1.